The number of aryl methyl sites for hydroxylation is 1. The van der Waals surface area contributed by atoms with E-state index in [0.29, 0.717) is 13.0 Å². The number of piperidine rings is 1. The summed E-state index contributed by atoms with van der Waals surface area (Å²) in [6.45, 7) is 1.53. The van der Waals surface area contributed by atoms with Gasteiger partial charge in [0.05, 0.1) is 5.41 Å². The highest BCUT2D eigenvalue weighted by molar-refractivity contribution is 5.75. The fourth-order valence-corrected chi connectivity index (χ4v) is 2.40. The maximum absolute atomic E-state index is 11.4. The molecule has 1 unspecified atom stereocenters. The van der Waals surface area contributed by atoms with E-state index in [2.05, 4.69) is 10.3 Å². The number of carbonyl (C=O) groups is 1. The van der Waals surface area contributed by atoms with Crippen LogP contribution in [-0.4, -0.2) is 29.1 Å². The molecule has 1 saturated heterocycles. The molecular formula is C13H18N2O2. The smallest absolute Gasteiger partial charge is 0.310 e. The maximum Gasteiger partial charge on any atom is 0.310 e. The topological polar surface area (TPSA) is 62.2 Å². The molecule has 1 fully saturated rings. The van der Waals surface area contributed by atoms with Crippen LogP contribution in [0.25, 0.3) is 0 Å². The Kier molecular flexibility index (Phi) is 3.74. The van der Waals surface area contributed by atoms with Crippen molar-refractivity contribution in [2.75, 3.05) is 13.1 Å². The van der Waals surface area contributed by atoms with Crippen molar-refractivity contribution in [1.29, 1.82) is 0 Å². The molecule has 0 saturated carbocycles. The minimum atomic E-state index is -0.668. The molecule has 4 nitrogen and oxygen atoms in total. The van der Waals surface area contributed by atoms with Crippen molar-refractivity contribution in [2.24, 2.45) is 5.41 Å². The van der Waals surface area contributed by atoms with Crippen LogP contribution in [-0.2, 0) is 11.2 Å². The zero-order valence-electron chi connectivity index (χ0n) is 9.85. The van der Waals surface area contributed by atoms with Gasteiger partial charge in [0.25, 0.3) is 0 Å². The molecule has 92 valence electrons. The Morgan fingerprint density at radius 2 is 2.24 bits per heavy atom. The number of pyridine rings is 1. The normalized spacial score (nSPS) is 24.5. The van der Waals surface area contributed by atoms with Gasteiger partial charge in [-0.2, -0.15) is 0 Å². The first-order valence-electron chi connectivity index (χ1n) is 6.06. The molecule has 1 aliphatic rings. The molecule has 1 atom stereocenters. The van der Waals surface area contributed by atoms with E-state index in [1.165, 1.54) is 0 Å². The zero-order valence-corrected chi connectivity index (χ0v) is 9.85. The van der Waals surface area contributed by atoms with E-state index >= 15 is 0 Å². The lowest BCUT2D eigenvalue weighted by Crippen LogP contribution is -2.45. The van der Waals surface area contributed by atoms with Crippen molar-refractivity contribution < 1.29 is 9.90 Å². The highest BCUT2D eigenvalue weighted by Gasteiger charge is 2.39. The first kappa shape index (κ1) is 12.0. The van der Waals surface area contributed by atoms with E-state index in [9.17, 15) is 9.90 Å². The standard InChI is InChI=1S/C13H18N2O2/c16-12(17)13(5-1-7-15-10-13)6-2-11-3-8-14-9-4-11/h3-4,8-9,15H,1-2,5-7,10H2,(H,16,17). The summed E-state index contributed by atoms with van der Waals surface area (Å²) < 4.78 is 0. The number of hydrogen-bond acceptors (Lipinski definition) is 3. The van der Waals surface area contributed by atoms with Crippen LogP contribution >= 0.6 is 0 Å². The van der Waals surface area contributed by atoms with Gasteiger partial charge < -0.3 is 10.4 Å². The fraction of sp³-hybridized carbons (Fsp3) is 0.538. The van der Waals surface area contributed by atoms with E-state index in [1.54, 1.807) is 12.4 Å². The molecule has 0 radical (unpaired) electrons. The van der Waals surface area contributed by atoms with E-state index in [4.69, 9.17) is 0 Å². The summed E-state index contributed by atoms with van der Waals surface area (Å²) in [5.41, 5.74) is 0.577. The first-order valence-corrected chi connectivity index (χ1v) is 6.06. The molecule has 17 heavy (non-hydrogen) atoms. The van der Waals surface area contributed by atoms with Crippen LogP contribution in [0, 0.1) is 5.41 Å². The third kappa shape index (κ3) is 2.82. The lowest BCUT2D eigenvalue weighted by Gasteiger charge is -2.33. The summed E-state index contributed by atoms with van der Waals surface area (Å²) in [5, 5.41) is 12.6. The van der Waals surface area contributed by atoms with Gasteiger partial charge in [-0.25, -0.2) is 0 Å². The quantitative estimate of drug-likeness (QED) is 0.828. The number of carboxylic acid groups (broad SMARTS) is 1. The average molecular weight is 234 g/mol. The van der Waals surface area contributed by atoms with E-state index < -0.39 is 11.4 Å². The molecule has 2 heterocycles. The van der Waals surface area contributed by atoms with Gasteiger partial charge in [-0.3, -0.25) is 9.78 Å². The Balaban J connectivity index is 2.01. The van der Waals surface area contributed by atoms with Crippen LogP contribution in [0.4, 0.5) is 0 Å². The number of nitrogens with one attached hydrogen (secondary N) is 1. The van der Waals surface area contributed by atoms with Crippen LogP contribution in [0.2, 0.25) is 0 Å². The van der Waals surface area contributed by atoms with Gasteiger partial charge >= 0.3 is 5.97 Å². The number of rotatable bonds is 4. The SMILES string of the molecule is O=C(O)C1(CCc2ccncc2)CCCNC1. The molecular weight excluding hydrogens is 216 g/mol. The molecule has 0 spiro atoms. The lowest BCUT2D eigenvalue weighted by atomic mass is 9.76. The molecule has 0 aromatic carbocycles. The van der Waals surface area contributed by atoms with Crippen molar-refractivity contribution in [2.45, 2.75) is 25.7 Å². The van der Waals surface area contributed by atoms with Crippen molar-refractivity contribution in [3.63, 3.8) is 0 Å². The summed E-state index contributed by atoms with van der Waals surface area (Å²) in [6, 6.07) is 3.90. The zero-order chi connectivity index (χ0) is 12.1. The van der Waals surface area contributed by atoms with Gasteiger partial charge in [-0.05, 0) is 49.9 Å². The summed E-state index contributed by atoms with van der Waals surface area (Å²) in [5.74, 6) is -0.668. The van der Waals surface area contributed by atoms with Gasteiger partial charge in [-0.1, -0.05) is 0 Å². The second-order valence-electron chi connectivity index (χ2n) is 4.72. The molecule has 1 aromatic rings. The van der Waals surface area contributed by atoms with Crippen molar-refractivity contribution in [3.8, 4) is 0 Å². The van der Waals surface area contributed by atoms with Crippen LogP contribution in [0.15, 0.2) is 24.5 Å². The fourth-order valence-electron chi connectivity index (χ4n) is 2.40. The Hall–Kier alpha value is -1.42. The second kappa shape index (κ2) is 5.27. The summed E-state index contributed by atoms with van der Waals surface area (Å²) >= 11 is 0. The van der Waals surface area contributed by atoms with Crippen LogP contribution in [0.1, 0.15) is 24.8 Å². The summed E-state index contributed by atoms with van der Waals surface area (Å²) in [7, 11) is 0. The van der Waals surface area contributed by atoms with Crippen LogP contribution < -0.4 is 5.32 Å². The largest absolute Gasteiger partial charge is 0.481 e. The van der Waals surface area contributed by atoms with E-state index in [-0.39, 0.29) is 0 Å². The number of carboxylic acids is 1. The minimum absolute atomic E-state index is 0.582. The first-order chi connectivity index (χ1) is 8.23. The second-order valence-corrected chi connectivity index (χ2v) is 4.72. The molecule has 1 aliphatic heterocycles. The monoisotopic (exact) mass is 234 g/mol. The molecule has 0 amide bonds. The Morgan fingerprint density at radius 3 is 2.82 bits per heavy atom. The third-order valence-electron chi connectivity index (χ3n) is 3.57. The van der Waals surface area contributed by atoms with Crippen LogP contribution in [0.3, 0.4) is 0 Å². The Labute approximate surface area is 101 Å². The molecule has 0 bridgehead atoms. The van der Waals surface area contributed by atoms with E-state index in [1.807, 2.05) is 12.1 Å². The highest BCUT2D eigenvalue weighted by Crippen LogP contribution is 2.31. The van der Waals surface area contributed by atoms with Crippen molar-refractivity contribution >= 4 is 5.97 Å². The minimum Gasteiger partial charge on any atom is -0.481 e. The molecule has 2 N–H and O–H groups in total. The number of aliphatic carboxylic acids is 1. The predicted octanol–water partition coefficient (Wildman–Crippen LogP) is 1.47. The van der Waals surface area contributed by atoms with Crippen molar-refractivity contribution in [1.82, 2.24) is 10.3 Å². The number of nitrogens with zero attached hydrogens (tertiary/aromatic N) is 1. The molecule has 0 aliphatic carbocycles. The van der Waals surface area contributed by atoms with Gasteiger partial charge in [0.1, 0.15) is 0 Å². The molecule has 4 heteroatoms. The average Bonchev–Trinajstić information content (AvgIpc) is 2.38. The molecule has 1 aromatic heterocycles. The summed E-state index contributed by atoms with van der Waals surface area (Å²) in [6.07, 6.45) is 6.72. The van der Waals surface area contributed by atoms with Crippen molar-refractivity contribution in [3.05, 3.63) is 30.1 Å². The van der Waals surface area contributed by atoms with Crippen LogP contribution in [0.5, 0.6) is 0 Å². The number of aromatic nitrogens is 1. The molecule has 2 rings (SSSR count). The van der Waals surface area contributed by atoms with Gasteiger partial charge in [0, 0.05) is 18.9 Å². The van der Waals surface area contributed by atoms with Gasteiger partial charge in [0.2, 0.25) is 0 Å². The predicted molar refractivity (Wildman–Crippen MR) is 64.7 cm³/mol. The Bertz CT molecular complexity index is 372. The van der Waals surface area contributed by atoms with E-state index in [0.717, 1.165) is 31.4 Å². The van der Waals surface area contributed by atoms with Gasteiger partial charge in [0.15, 0.2) is 0 Å². The lowest BCUT2D eigenvalue weighted by molar-refractivity contribution is -0.150. The van der Waals surface area contributed by atoms with Gasteiger partial charge in [-0.15, -0.1) is 0 Å². The number of hydrogen-bond donors (Lipinski definition) is 2. The summed E-state index contributed by atoms with van der Waals surface area (Å²) in [4.78, 5) is 15.4. The maximum atomic E-state index is 11.4. The highest BCUT2D eigenvalue weighted by atomic mass is 16.4. The Morgan fingerprint density at radius 1 is 1.47 bits per heavy atom. The third-order valence-corrected chi connectivity index (χ3v) is 3.57.